The van der Waals surface area contributed by atoms with Gasteiger partial charge in [-0.15, -0.1) is 0 Å². The molecule has 122 valence electrons. The van der Waals surface area contributed by atoms with Crippen LogP contribution in [-0.2, 0) is 6.42 Å². The molecule has 4 heteroatoms. The Labute approximate surface area is 138 Å². The minimum Gasteiger partial charge on any atom is -0.382 e. The van der Waals surface area contributed by atoms with Crippen molar-refractivity contribution in [1.29, 1.82) is 0 Å². The average molecular weight is 311 g/mol. The zero-order valence-electron chi connectivity index (χ0n) is 13.9. The minimum absolute atomic E-state index is 0.120. The molecule has 0 aliphatic carbocycles. The van der Waals surface area contributed by atoms with Crippen LogP contribution in [0.5, 0.6) is 0 Å². The highest BCUT2D eigenvalue weighted by molar-refractivity contribution is 5.93. The van der Waals surface area contributed by atoms with Crippen LogP contribution in [0.2, 0.25) is 0 Å². The van der Waals surface area contributed by atoms with Gasteiger partial charge in [0.05, 0.1) is 0 Å². The largest absolute Gasteiger partial charge is 0.382 e. The lowest BCUT2D eigenvalue weighted by Crippen LogP contribution is -2.26. The monoisotopic (exact) mass is 311 g/mol. The molecule has 2 rings (SSSR count). The maximum Gasteiger partial charge on any atom is 0.269 e. The van der Waals surface area contributed by atoms with Gasteiger partial charge in [-0.25, -0.2) is 0 Å². The summed E-state index contributed by atoms with van der Waals surface area (Å²) in [4.78, 5) is 16.3. The van der Waals surface area contributed by atoms with E-state index >= 15 is 0 Å². The van der Waals surface area contributed by atoms with Crippen LogP contribution in [0.15, 0.2) is 48.7 Å². The molecule has 0 bridgehead atoms. The van der Waals surface area contributed by atoms with Crippen LogP contribution in [0.3, 0.4) is 0 Å². The van der Waals surface area contributed by atoms with E-state index in [-0.39, 0.29) is 5.91 Å². The number of aromatic nitrogens is 1. The predicted octanol–water partition coefficient (Wildman–Crippen LogP) is 3.65. The first-order valence-corrected chi connectivity index (χ1v) is 8.23. The molecule has 2 N–H and O–H groups in total. The highest BCUT2D eigenvalue weighted by Crippen LogP contribution is 2.10. The van der Waals surface area contributed by atoms with Crippen molar-refractivity contribution in [2.75, 3.05) is 11.9 Å². The van der Waals surface area contributed by atoms with Crippen molar-refractivity contribution in [3.63, 3.8) is 0 Å². The number of nitrogens with one attached hydrogen (secondary N) is 2. The molecule has 0 fully saturated rings. The molecule has 0 aliphatic heterocycles. The van der Waals surface area contributed by atoms with Gasteiger partial charge in [0.1, 0.15) is 5.69 Å². The summed E-state index contributed by atoms with van der Waals surface area (Å²) in [5.41, 5.74) is 2.68. The zero-order chi connectivity index (χ0) is 16.5. The summed E-state index contributed by atoms with van der Waals surface area (Å²) in [7, 11) is 0. The molecule has 0 radical (unpaired) electrons. The van der Waals surface area contributed by atoms with E-state index in [1.807, 2.05) is 24.3 Å². The van der Waals surface area contributed by atoms with Gasteiger partial charge in [0.25, 0.3) is 5.91 Å². The molecule has 23 heavy (non-hydrogen) atoms. The normalized spacial score (nSPS) is 11.7. The number of carbonyl (C=O) groups excluding carboxylic acids is 1. The number of rotatable bonds is 8. The van der Waals surface area contributed by atoms with Crippen LogP contribution >= 0.6 is 0 Å². The summed E-state index contributed by atoms with van der Waals surface area (Å²) in [6.07, 6.45) is 4.58. The summed E-state index contributed by atoms with van der Waals surface area (Å²) in [5, 5.41) is 6.29. The molecule has 1 amide bonds. The number of carbonyl (C=O) groups is 1. The molecule has 0 aliphatic rings. The van der Waals surface area contributed by atoms with Crippen LogP contribution in [0.4, 0.5) is 5.69 Å². The van der Waals surface area contributed by atoms with Crippen LogP contribution in [0.25, 0.3) is 0 Å². The second kappa shape index (κ2) is 8.93. The third kappa shape index (κ3) is 5.74. The highest BCUT2D eigenvalue weighted by Gasteiger charge is 2.08. The van der Waals surface area contributed by atoms with E-state index in [9.17, 15) is 4.79 Å². The molecule has 1 aromatic heterocycles. The molecule has 0 saturated heterocycles. The van der Waals surface area contributed by atoms with Gasteiger partial charge in [-0.1, -0.05) is 37.3 Å². The predicted molar refractivity (Wildman–Crippen MR) is 94.7 cm³/mol. The Morgan fingerprint density at radius 3 is 2.74 bits per heavy atom. The quantitative estimate of drug-likeness (QED) is 0.732. The van der Waals surface area contributed by atoms with Gasteiger partial charge in [0.2, 0.25) is 0 Å². The molecule has 1 aromatic carbocycles. The molecular formula is C19H25N3O. The van der Waals surface area contributed by atoms with Gasteiger partial charge >= 0.3 is 0 Å². The number of aryl methyl sites for hydroxylation is 1. The number of anilines is 1. The third-order valence-electron chi connectivity index (χ3n) is 3.79. The molecule has 1 heterocycles. The van der Waals surface area contributed by atoms with E-state index in [4.69, 9.17) is 0 Å². The Morgan fingerprint density at radius 2 is 2.00 bits per heavy atom. The fourth-order valence-electron chi connectivity index (χ4n) is 2.26. The van der Waals surface area contributed by atoms with Crippen LogP contribution < -0.4 is 10.6 Å². The van der Waals surface area contributed by atoms with Crippen molar-refractivity contribution < 1.29 is 4.79 Å². The minimum atomic E-state index is -0.120. The Morgan fingerprint density at radius 1 is 1.22 bits per heavy atom. The first kappa shape index (κ1) is 17.0. The Hall–Kier alpha value is -2.36. The van der Waals surface area contributed by atoms with Crippen molar-refractivity contribution >= 4 is 11.6 Å². The summed E-state index contributed by atoms with van der Waals surface area (Å²) in [6.45, 7) is 4.89. The van der Waals surface area contributed by atoms with Gasteiger partial charge in [-0.2, -0.15) is 0 Å². The lowest BCUT2D eigenvalue weighted by Gasteiger charge is -2.13. The van der Waals surface area contributed by atoms with Crippen molar-refractivity contribution in [3.8, 4) is 0 Å². The maximum absolute atomic E-state index is 12.2. The summed E-state index contributed by atoms with van der Waals surface area (Å²) >= 11 is 0. The SMILES string of the molecule is CCC(C)Nc1ccnc(C(=O)NCCCc2ccccc2)c1. The van der Waals surface area contributed by atoms with Crippen LogP contribution in [0, 0.1) is 0 Å². The number of hydrogen-bond donors (Lipinski definition) is 2. The summed E-state index contributed by atoms with van der Waals surface area (Å²) < 4.78 is 0. The first-order valence-electron chi connectivity index (χ1n) is 8.23. The van der Waals surface area contributed by atoms with Crippen molar-refractivity contribution in [3.05, 3.63) is 59.9 Å². The molecule has 2 aromatic rings. The Kier molecular flexibility index (Phi) is 6.60. The standard InChI is InChI=1S/C19H25N3O/c1-3-15(2)22-17-11-13-20-18(14-17)19(23)21-12-7-10-16-8-5-4-6-9-16/h4-6,8-9,11,13-15H,3,7,10,12H2,1-2H3,(H,20,22)(H,21,23). The van der Waals surface area contributed by atoms with Gasteiger partial charge in [-0.3, -0.25) is 9.78 Å². The molecule has 1 unspecified atom stereocenters. The van der Waals surface area contributed by atoms with Gasteiger partial charge in [0.15, 0.2) is 0 Å². The van der Waals surface area contributed by atoms with Crippen molar-refractivity contribution in [2.24, 2.45) is 0 Å². The van der Waals surface area contributed by atoms with E-state index in [0.29, 0.717) is 18.3 Å². The van der Waals surface area contributed by atoms with Gasteiger partial charge in [0, 0.05) is 24.5 Å². The van der Waals surface area contributed by atoms with Crippen molar-refractivity contribution in [1.82, 2.24) is 10.3 Å². The summed E-state index contributed by atoms with van der Waals surface area (Å²) in [5.74, 6) is -0.120. The fraction of sp³-hybridized carbons (Fsp3) is 0.368. The Balaban J connectivity index is 1.80. The molecule has 1 atom stereocenters. The lowest BCUT2D eigenvalue weighted by molar-refractivity contribution is 0.0948. The van der Waals surface area contributed by atoms with E-state index in [1.54, 1.807) is 12.3 Å². The second-order valence-corrected chi connectivity index (χ2v) is 5.73. The number of nitrogens with zero attached hydrogens (tertiary/aromatic N) is 1. The smallest absolute Gasteiger partial charge is 0.269 e. The van der Waals surface area contributed by atoms with Crippen molar-refractivity contribution in [2.45, 2.75) is 39.2 Å². The van der Waals surface area contributed by atoms with Gasteiger partial charge < -0.3 is 10.6 Å². The highest BCUT2D eigenvalue weighted by atomic mass is 16.1. The third-order valence-corrected chi connectivity index (χ3v) is 3.79. The topological polar surface area (TPSA) is 54.0 Å². The van der Waals surface area contributed by atoms with Gasteiger partial charge in [-0.05, 0) is 43.9 Å². The number of pyridine rings is 1. The maximum atomic E-state index is 12.2. The van der Waals surface area contributed by atoms with E-state index in [1.165, 1.54) is 5.56 Å². The number of benzene rings is 1. The van der Waals surface area contributed by atoms with Crippen LogP contribution in [-0.4, -0.2) is 23.5 Å². The zero-order valence-corrected chi connectivity index (χ0v) is 13.9. The second-order valence-electron chi connectivity index (χ2n) is 5.73. The molecule has 0 saturated carbocycles. The average Bonchev–Trinajstić information content (AvgIpc) is 2.59. The van der Waals surface area contributed by atoms with Crippen LogP contribution in [0.1, 0.15) is 42.7 Å². The van der Waals surface area contributed by atoms with E-state index in [2.05, 4.69) is 41.6 Å². The van der Waals surface area contributed by atoms with E-state index in [0.717, 1.165) is 24.9 Å². The molecule has 4 nitrogen and oxygen atoms in total. The number of amides is 1. The fourth-order valence-corrected chi connectivity index (χ4v) is 2.26. The first-order chi connectivity index (χ1) is 11.2. The summed E-state index contributed by atoms with van der Waals surface area (Å²) in [6, 6.07) is 14.4. The molecule has 0 spiro atoms. The Bertz CT molecular complexity index is 613. The number of hydrogen-bond acceptors (Lipinski definition) is 3. The van der Waals surface area contributed by atoms with E-state index < -0.39 is 0 Å². The molecular weight excluding hydrogens is 286 g/mol. The lowest BCUT2D eigenvalue weighted by atomic mass is 10.1.